The van der Waals surface area contributed by atoms with Gasteiger partial charge in [-0.25, -0.2) is 4.39 Å². The normalized spacial score (nSPS) is 10.7. The van der Waals surface area contributed by atoms with Gasteiger partial charge in [0, 0.05) is 12.0 Å². The Bertz CT molecular complexity index is 1020. The molecule has 0 aliphatic carbocycles. The Morgan fingerprint density at radius 2 is 1.90 bits per heavy atom. The second-order valence-corrected chi connectivity index (χ2v) is 8.61. The lowest BCUT2D eigenvalue weighted by atomic mass is 10.2. The molecule has 0 saturated heterocycles. The van der Waals surface area contributed by atoms with E-state index in [-0.39, 0.29) is 11.5 Å². The lowest BCUT2D eigenvalue weighted by Gasteiger charge is -2.02. The first-order chi connectivity index (χ1) is 14.0. The molecule has 0 aliphatic heterocycles. The maximum atomic E-state index is 13.3. The number of benzene rings is 1. The minimum atomic E-state index is -0.480. The van der Waals surface area contributed by atoms with Crippen molar-refractivity contribution in [1.82, 2.24) is 10.2 Å². The van der Waals surface area contributed by atoms with Crippen LogP contribution in [0.3, 0.4) is 0 Å². The number of unbranched alkanes of at least 4 members (excludes halogenated alkanes) is 2. The van der Waals surface area contributed by atoms with Crippen LogP contribution in [0.4, 0.5) is 14.5 Å². The summed E-state index contributed by atoms with van der Waals surface area (Å²) < 4.78 is 13.3. The molecule has 0 saturated carbocycles. The molecule has 29 heavy (non-hydrogen) atoms. The lowest BCUT2D eigenvalue weighted by molar-refractivity contribution is 0.101. The zero-order valence-corrected chi connectivity index (χ0v) is 17.8. The second kappa shape index (κ2) is 9.71. The van der Waals surface area contributed by atoms with Gasteiger partial charge in [0.05, 0.1) is 9.88 Å². The molecule has 3 rings (SSSR count). The van der Waals surface area contributed by atoms with E-state index >= 15 is 0 Å². The summed E-state index contributed by atoms with van der Waals surface area (Å²) in [5.41, 5.74) is 0.946. The molecule has 0 radical (unpaired) electrons. The summed E-state index contributed by atoms with van der Waals surface area (Å²) in [6.45, 7) is 3.93. The van der Waals surface area contributed by atoms with Crippen LogP contribution in [-0.4, -0.2) is 22.0 Å². The molecular formula is C20H21FN4O2S2. The Morgan fingerprint density at radius 3 is 2.66 bits per heavy atom. The summed E-state index contributed by atoms with van der Waals surface area (Å²) in [7, 11) is 0. The Kier molecular flexibility index (Phi) is 7.05. The standard InChI is InChI=1S/C20H21FN4O2S2/c1-3-4-5-9-15-24-25-20(29-15)23-19(27)17-12(2)10-16(28-17)22-18(26)13-7-6-8-14(21)11-13/h6-8,10-11H,3-5,9H2,1-2H3,(H,22,26)(H,23,25,27). The SMILES string of the molecule is CCCCCc1nnc(NC(=O)c2sc(NC(=O)c3cccc(F)c3)cc2C)s1. The van der Waals surface area contributed by atoms with Crippen molar-refractivity contribution in [3.63, 3.8) is 0 Å². The number of hydrogen-bond donors (Lipinski definition) is 2. The molecule has 0 spiro atoms. The van der Waals surface area contributed by atoms with E-state index < -0.39 is 11.7 Å². The molecule has 2 aromatic heterocycles. The summed E-state index contributed by atoms with van der Waals surface area (Å²) >= 11 is 2.53. The van der Waals surface area contributed by atoms with Crippen molar-refractivity contribution in [2.45, 2.75) is 39.5 Å². The fourth-order valence-corrected chi connectivity index (χ4v) is 4.41. The van der Waals surface area contributed by atoms with Crippen LogP contribution in [0, 0.1) is 12.7 Å². The highest BCUT2D eigenvalue weighted by molar-refractivity contribution is 7.18. The summed E-state index contributed by atoms with van der Waals surface area (Å²) in [6, 6.07) is 7.16. The van der Waals surface area contributed by atoms with Gasteiger partial charge < -0.3 is 5.32 Å². The van der Waals surface area contributed by atoms with Crippen LogP contribution in [0.2, 0.25) is 0 Å². The van der Waals surface area contributed by atoms with Gasteiger partial charge in [0.2, 0.25) is 5.13 Å². The Hall–Kier alpha value is -2.65. The lowest BCUT2D eigenvalue weighted by Crippen LogP contribution is -2.11. The van der Waals surface area contributed by atoms with E-state index in [2.05, 4.69) is 27.8 Å². The molecular weight excluding hydrogens is 411 g/mol. The molecule has 9 heteroatoms. The van der Waals surface area contributed by atoms with Crippen LogP contribution >= 0.6 is 22.7 Å². The van der Waals surface area contributed by atoms with Crippen molar-refractivity contribution < 1.29 is 14.0 Å². The van der Waals surface area contributed by atoms with Gasteiger partial charge in [0.1, 0.15) is 10.8 Å². The van der Waals surface area contributed by atoms with Crippen LogP contribution < -0.4 is 10.6 Å². The number of halogens is 1. The van der Waals surface area contributed by atoms with Crippen molar-refractivity contribution in [2.75, 3.05) is 10.6 Å². The molecule has 3 aromatic rings. The number of hydrogen-bond acceptors (Lipinski definition) is 6. The van der Waals surface area contributed by atoms with Crippen molar-refractivity contribution in [3.8, 4) is 0 Å². The fourth-order valence-electron chi connectivity index (χ4n) is 2.67. The minimum Gasteiger partial charge on any atom is -0.314 e. The zero-order chi connectivity index (χ0) is 20.8. The van der Waals surface area contributed by atoms with E-state index in [4.69, 9.17) is 0 Å². The third-order valence-corrected chi connectivity index (χ3v) is 6.18. The number of amides is 2. The van der Waals surface area contributed by atoms with Gasteiger partial charge in [-0.05, 0) is 43.2 Å². The van der Waals surface area contributed by atoms with Gasteiger partial charge in [-0.1, -0.05) is 37.2 Å². The largest absolute Gasteiger partial charge is 0.314 e. The van der Waals surface area contributed by atoms with Crippen molar-refractivity contribution in [1.29, 1.82) is 0 Å². The van der Waals surface area contributed by atoms with E-state index in [1.807, 2.05) is 0 Å². The maximum absolute atomic E-state index is 13.3. The number of anilines is 2. The predicted molar refractivity (Wildman–Crippen MR) is 115 cm³/mol. The van der Waals surface area contributed by atoms with Crippen LogP contribution in [0.15, 0.2) is 30.3 Å². The van der Waals surface area contributed by atoms with Crippen LogP contribution in [0.5, 0.6) is 0 Å². The molecule has 152 valence electrons. The van der Waals surface area contributed by atoms with E-state index in [1.54, 1.807) is 13.0 Å². The van der Waals surface area contributed by atoms with E-state index in [0.717, 1.165) is 53.7 Å². The van der Waals surface area contributed by atoms with Gasteiger partial charge in [-0.15, -0.1) is 21.5 Å². The average molecular weight is 433 g/mol. The minimum absolute atomic E-state index is 0.214. The molecule has 2 N–H and O–H groups in total. The molecule has 6 nitrogen and oxygen atoms in total. The van der Waals surface area contributed by atoms with Gasteiger partial charge in [0.25, 0.3) is 11.8 Å². The highest BCUT2D eigenvalue weighted by atomic mass is 32.1. The molecule has 2 amide bonds. The second-order valence-electron chi connectivity index (χ2n) is 6.50. The number of nitrogens with one attached hydrogen (secondary N) is 2. The van der Waals surface area contributed by atoms with E-state index in [0.29, 0.717) is 15.0 Å². The summed E-state index contributed by atoms with van der Waals surface area (Å²) in [5.74, 6) is -1.21. The third kappa shape index (κ3) is 5.68. The van der Waals surface area contributed by atoms with Gasteiger partial charge in [-0.2, -0.15) is 0 Å². The number of rotatable bonds is 8. The number of carbonyl (C=O) groups excluding carboxylic acids is 2. The Balaban J connectivity index is 1.63. The van der Waals surface area contributed by atoms with Crippen LogP contribution in [0.25, 0.3) is 0 Å². The number of aromatic nitrogens is 2. The van der Waals surface area contributed by atoms with Gasteiger partial charge in [-0.3, -0.25) is 14.9 Å². The number of thiophene rings is 1. The summed E-state index contributed by atoms with van der Waals surface area (Å²) in [6.07, 6.45) is 4.19. The Morgan fingerprint density at radius 1 is 1.07 bits per heavy atom. The quantitative estimate of drug-likeness (QED) is 0.474. The highest BCUT2D eigenvalue weighted by Crippen LogP contribution is 2.28. The monoisotopic (exact) mass is 432 g/mol. The van der Waals surface area contributed by atoms with Crippen molar-refractivity contribution in [3.05, 3.63) is 57.2 Å². The predicted octanol–water partition coefficient (Wildman–Crippen LogP) is 5.28. The molecule has 1 aromatic carbocycles. The van der Waals surface area contributed by atoms with E-state index in [9.17, 15) is 14.0 Å². The molecule has 2 heterocycles. The molecule has 0 bridgehead atoms. The molecule has 0 fully saturated rings. The third-order valence-electron chi connectivity index (χ3n) is 4.13. The van der Waals surface area contributed by atoms with Crippen LogP contribution in [0.1, 0.15) is 56.8 Å². The molecule has 0 unspecified atom stereocenters. The van der Waals surface area contributed by atoms with Gasteiger partial charge in [0.15, 0.2) is 0 Å². The first-order valence-corrected chi connectivity index (χ1v) is 10.9. The summed E-state index contributed by atoms with van der Waals surface area (Å²) in [5, 5.41) is 15.5. The first-order valence-electron chi connectivity index (χ1n) is 9.27. The molecule has 0 aliphatic rings. The molecule has 0 atom stereocenters. The number of nitrogens with zero attached hydrogens (tertiary/aromatic N) is 2. The summed E-state index contributed by atoms with van der Waals surface area (Å²) in [4.78, 5) is 25.3. The van der Waals surface area contributed by atoms with Crippen molar-refractivity contribution in [2.24, 2.45) is 0 Å². The van der Waals surface area contributed by atoms with E-state index in [1.165, 1.54) is 29.5 Å². The zero-order valence-electron chi connectivity index (χ0n) is 16.1. The number of carbonyl (C=O) groups is 2. The van der Waals surface area contributed by atoms with Crippen LogP contribution in [-0.2, 0) is 6.42 Å². The first kappa shape index (κ1) is 21.1. The number of aryl methyl sites for hydroxylation is 2. The van der Waals surface area contributed by atoms with Gasteiger partial charge >= 0.3 is 0 Å². The maximum Gasteiger partial charge on any atom is 0.267 e. The Labute approximate surface area is 176 Å². The smallest absolute Gasteiger partial charge is 0.267 e. The van der Waals surface area contributed by atoms with Crippen molar-refractivity contribution >= 4 is 44.6 Å². The highest BCUT2D eigenvalue weighted by Gasteiger charge is 2.17. The fraction of sp³-hybridized carbons (Fsp3) is 0.300. The topological polar surface area (TPSA) is 84.0 Å². The average Bonchev–Trinajstić information content (AvgIpc) is 3.28.